The van der Waals surface area contributed by atoms with E-state index < -0.39 is 15.9 Å². The zero-order valence-electron chi connectivity index (χ0n) is 15.1. The number of fused-ring (bicyclic) bond motifs is 1. The number of sulfonamides is 1. The number of benzene rings is 2. The number of carbonyl (C=O) groups is 1. The minimum absolute atomic E-state index is 0.197. The van der Waals surface area contributed by atoms with Gasteiger partial charge < -0.3 is 0 Å². The number of nitrogens with zero attached hydrogens (tertiary/aromatic N) is 2. The van der Waals surface area contributed by atoms with Gasteiger partial charge in [0.2, 0.25) is 10.0 Å². The summed E-state index contributed by atoms with van der Waals surface area (Å²) in [5.41, 5.74) is 0.828. The molecule has 1 N–H and O–H groups in total. The maximum absolute atomic E-state index is 12.7. The predicted octanol–water partition coefficient (Wildman–Crippen LogP) is 4.89. The molecule has 0 bridgehead atoms. The monoisotopic (exact) mass is 457 g/mol. The fraction of sp³-hybridized carbons (Fsp3) is 0.222. The molecule has 0 aliphatic rings. The summed E-state index contributed by atoms with van der Waals surface area (Å²) < 4.78 is 27.4. The van der Waals surface area contributed by atoms with Gasteiger partial charge in [-0.15, -0.1) is 0 Å². The molecular formula is C18H17Cl2N3O3S2. The quantitative estimate of drug-likeness (QED) is 0.571. The first kappa shape index (κ1) is 21.0. The van der Waals surface area contributed by atoms with Crippen molar-refractivity contribution >= 4 is 65.8 Å². The van der Waals surface area contributed by atoms with E-state index in [2.05, 4.69) is 10.3 Å². The molecule has 0 spiro atoms. The summed E-state index contributed by atoms with van der Waals surface area (Å²) in [6.45, 7) is 4.37. The molecule has 3 rings (SSSR count). The second-order valence-electron chi connectivity index (χ2n) is 5.82. The standard InChI is InChI=1S/C18H17Cl2N3O3S2/c1-3-23(4-2)28(25,26)12-6-8-15-16(10-12)27-18(21-15)22-17(24)13-9-11(19)5-7-14(13)20/h5-10H,3-4H2,1-2H3,(H,21,22,24). The van der Waals surface area contributed by atoms with E-state index in [9.17, 15) is 13.2 Å². The van der Waals surface area contributed by atoms with Crippen molar-refractivity contribution in [2.24, 2.45) is 0 Å². The third-order valence-electron chi connectivity index (χ3n) is 4.10. The topological polar surface area (TPSA) is 79.4 Å². The first-order valence-corrected chi connectivity index (χ1v) is 11.4. The SMILES string of the molecule is CCN(CC)S(=O)(=O)c1ccc2nc(NC(=O)c3cc(Cl)ccc3Cl)sc2c1. The van der Waals surface area contributed by atoms with E-state index in [0.29, 0.717) is 33.5 Å². The van der Waals surface area contributed by atoms with E-state index in [1.165, 1.54) is 27.8 Å². The fourth-order valence-electron chi connectivity index (χ4n) is 2.67. The number of rotatable bonds is 6. The molecule has 0 aliphatic carbocycles. The van der Waals surface area contributed by atoms with Crippen molar-refractivity contribution in [1.82, 2.24) is 9.29 Å². The second-order valence-corrected chi connectivity index (χ2v) is 9.63. The van der Waals surface area contributed by atoms with Crippen molar-refractivity contribution in [2.75, 3.05) is 18.4 Å². The molecule has 10 heteroatoms. The van der Waals surface area contributed by atoms with Gasteiger partial charge in [0, 0.05) is 18.1 Å². The highest BCUT2D eigenvalue weighted by molar-refractivity contribution is 7.89. The van der Waals surface area contributed by atoms with E-state index in [1.54, 1.807) is 38.1 Å². The van der Waals surface area contributed by atoms with E-state index in [1.807, 2.05) is 0 Å². The van der Waals surface area contributed by atoms with Gasteiger partial charge in [-0.25, -0.2) is 13.4 Å². The Morgan fingerprint density at radius 1 is 1.14 bits per heavy atom. The Kier molecular flexibility index (Phi) is 6.26. The van der Waals surface area contributed by atoms with Crippen LogP contribution in [0.1, 0.15) is 24.2 Å². The van der Waals surface area contributed by atoms with Gasteiger partial charge >= 0.3 is 0 Å². The average molecular weight is 458 g/mol. The number of nitrogens with one attached hydrogen (secondary N) is 1. The molecule has 0 aliphatic heterocycles. The molecule has 0 saturated heterocycles. The molecule has 1 heterocycles. The molecule has 0 saturated carbocycles. The summed E-state index contributed by atoms with van der Waals surface area (Å²) in [7, 11) is -3.57. The maximum atomic E-state index is 12.7. The van der Waals surface area contributed by atoms with Crippen LogP contribution in [0.3, 0.4) is 0 Å². The Hall–Kier alpha value is -1.71. The van der Waals surface area contributed by atoms with Gasteiger partial charge in [-0.3, -0.25) is 10.1 Å². The summed E-state index contributed by atoms with van der Waals surface area (Å²) in [6, 6.07) is 9.33. The smallest absolute Gasteiger partial charge is 0.259 e. The Balaban J connectivity index is 1.91. The third kappa shape index (κ3) is 4.16. The number of aromatic nitrogens is 1. The molecule has 1 amide bonds. The largest absolute Gasteiger partial charge is 0.298 e. The van der Waals surface area contributed by atoms with Crippen LogP contribution in [0.5, 0.6) is 0 Å². The first-order chi connectivity index (χ1) is 13.3. The summed E-state index contributed by atoms with van der Waals surface area (Å²) in [5, 5.41) is 3.69. The highest BCUT2D eigenvalue weighted by Crippen LogP contribution is 2.30. The molecule has 0 atom stereocenters. The summed E-state index contributed by atoms with van der Waals surface area (Å²) in [4.78, 5) is 17.0. The number of thiazole rings is 1. The molecular weight excluding hydrogens is 441 g/mol. The number of halogens is 2. The van der Waals surface area contributed by atoms with Crippen LogP contribution in [0.2, 0.25) is 10.0 Å². The van der Waals surface area contributed by atoms with Crippen molar-refractivity contribution in [2.45, 2.75) is 18.7 Å². The zero-order valence-corrected chi connectivity index (χ0v) is 18.2. The van der Waals surface area contributed by atoms with E-state index in [-0.39, 0.29) is 15.5 Å². The van der Waals surface area contributed by atoms with Gasteiger partial charge in [-0.1, -0.05) is 48.4 Å². The normalized spacial score (nSPS) is 11.9. The summed E-state index contributed by atoms with van der Waals surface area (Å²) >= 11 is 13.2. The van der Waals surface area contributed by atoms with Crippen LogP contribution in [0.25, 0.3) is 10.2 Å². The number of hydrogen-bond donors (Lipinski definition) is 1. The lowest BCUT2D eigenvalue weighted by Gasteiger charge is -2.18. The Morgan fingerprint density at radius 3 is 2.54 bits per heavy atom. The van der Waals surface area contributed by atoms with E-state index >= 15 is 0 Å². The molecule has 0 fully saturated rings. The molecule has 148 valence electrons. The lowest BCUT2D eigenvalue weighted by atomic mass is 10.2. The molecule has 3 aromatic rings. The highest BCUT2D eigenvalue weighted by Gasteiger charge is 2.22. The van der Waals surface area contributed by atoms with Crippen LogP contribution in [0.4, 0.5) is 5.13 Å². The van der Waals surface area contributed by atoms with Crippen molar-refractivity contribution < 1.29 is 13.2 Å². The maximum Gasteiger partial charge on any atom is 0.259 e. The molecule has 0 radical (unpaired) electrons. The van der Waals surface area contributed by atoms with Gasteiger partial charge in [0.15, 0.2) is 5.13 Å². The van der Waals surface area contributed by atoms with Crippen LogP contribution in [-0.2, 0) is 10.0 Å². The minimum atomic E-state index is -3.57. The zero-order chi connectivity index (χ0) is 20.5. The minimum Gasteiger partial charge on any atom is -0.298 e. The molecule has 0 unspecified atom stereocenters. The highest BCUT2D eigenvalue weighted by atomic mass is 35.5. The second kappa shape index (κ2) is 8.34. The Labute approximate surface area is 177 Å². The van der Waals surface area contributed by atoms with Crippen LogP contribution in [0.15, 0.2) is 41.3 Å². The van der Waals surface area contributed by atoms with Crippen LogP contribution in [0, 0.1) is 0 Å². The van der Waals surface area contributed by atoms with Gasteiger partial charge in [0.05, 0.1) is 25.7 Å². The molecule has 6 nitrogen and oxygen atoms in total. The van der Waals surface area contributed by atoms with E-state index in [4.69, 9.17) is 23.2 Å². The van der Waals surface area contributed by atoms with Gasteiger partial charge in [-0.2, -0.15) is 4.31 Å². The van der Waals surface area contributed by atoms with Gasteiger partial charge in [0.25, 0.3) is 5.91 Å². The molecule has 28 heavy (non-hydrogen) atoms. The average Bonchev–Trinajstić information content (AvgIpc) is 3.05. The van der Waals surface area contributed by atoms with Crippen molar-refractivity contribution in [3.63, 3.8) is 0 Å². The third-order valence-corrected chi connectivity index (χ3v) is 7.64. The fourth-order valence-corrected chi connectivity index (χ4v) is 5.50. The van der Waals surface area contributed by atoms with Crippen molar-refractivity contribution in [3.8, 4) is 0 Å². The molecule has 2 aromatic carbocycles. The summed E-state index contributed by atoms with van der Waals surface area (Å²) in [5.74, 6) is -0.442. The Morgan fingerprint density at radius 2 is 1.86 bits per heavy atom. The van der Waals surface area contributed by atoms with Crippen molar-refractivity contribution in [3.05, 3.63) is 52.0 Å². The lowest BCUT2D eigenvalue weighted by Crippen LogP contribution is -2.30. The van der Waals surface area contributed by atoms with Crippen molar-refractivity contribution in [1.29, 1.82) is 0 Å². The van der Waals surface area contributed by atoms with Crippen LogP contribution < -0.4 is 5.32 Å². The van der Waals surface area contributed by atoms with Gasteiger partial charge in [0.1, 0.15) is 0 Å². The van der Waals surface area contributed by atoms with Crippen LogP contribution in [-0.4, -0.2) is 36.7 Å². The van der Waals surface area contributed by atoms with E-state index in [0.717, 1.165) is 0 Å². The predicted molar refractivity (Wildman–Crippen MR) is 114 cm³/mol. The Bertz CT molecular complexity index is 1140. The number of anilines is 1. The number of amides is 1. The number of hydrogen-bond acceptors (Lipinski definition) is 5. The molecule has 1 aromatic heterocycles. The number of carbonyl (C=O) groups excluding carboxylic acids is 1. The van der Waals surface area contributed by atoms with Crippen LogP contribution >= 0.6 is 34.5 Å². The lowest BCUT2D eigenvalue weighted by molar-refractivity contribution is 0.102. The van der Waals surface area contributed by atoms with Gasteiger partial charge in [-0.05, 0) is 36.4 Å². The first-order valence-electron chi connectivity index (χ1n) is 8.43. The summed E-state index contributed by atoms with van der Waals surface area (Å²) in [6.07, 6.45) is 0.